The van der Waals surface area contributed by atoms with Gasteiger partial charge in [0, 0.05) is 18.9 Å². The van der Waals surface area contributed by atoms with Crippen molar-refractivity contribution in [2.24, 2.45) is 0 Å². The molecule has 0 aliphatic heterocycles. The zero-order valence-corrected chi connectivity index (χ0v) is 11.3. The van der Waals surface area contributed by atoms with Gasteiger partial charge in [-0.05, 0) is 31.2 Å². The fraction of sp³-hybridized carbons (Fsp3) is 0.333. The zero-order valence-electron chi connectivity index (χ0n) is 11.3. The smallest absolute Gasteiger partial charge is 0.125 e. The normalized spacial score (nSPS) is 12.1. The van der Waals surface area contributed by atoms with E-state index in [0.717, 1.165) is 17.2 Å². The molecule has 0 spiro atoms. The number of anilines is 1. The summed E-state index contributed by atoms with van der Waals surface area (Å²) in [4.78, 5) is 0. The van der Waals surface area contributed by atoms with E-state index in [1.807, 2.05) is 36.4 Å². The number of ether oxygens (including phenoxy) is 2. The third-order valence-corrected chi connectivity index (χ3v) is 2.74. The van der Waals surface area contributed by atoms with Crippen LogP contribution in [0.3, 0.4) is 0 Å². The lowest BCUT2D eigenvalue weighted by Gasteiger charge is -2.14. The van der Waals surface area contributed by atoms with Crippen molar-refractivity contribution in [3.05, 3.63) is 48.4 Å². The highest BCUT2D eigenvalue weighted by atomic mass is 16.5. The lowest BCUT2D eigenvalue weighted by Crippen LogP contribution is -2.07. The van der Waals surface area contributed by atoms with Crippen LogP contribution in [0.1, 0.15) is 18.7 Å². The van der Waals surface area contributed by atoms with E-state index in [9.17, 15) is 0 Å². The minimum atomic E-state index is 0.115. The molecule has 1 aromatic carbocycles. The summed E-state index contributed by atoms with van der Waals surface area (Å²) < 4.78 is 15.9. The zero-order chi connectivity index (χ0) is 13.5. The van der Waals surface area contributed by atoms with E-state index in [4.69, 9.17) is 13.9 Å². The number of rotatable bonds is 7. The summed E-state index contributed by atoms with van der Waals surface area (Å²) in [6.45, 7) is 3.19. The molecule has 1 aromatic heterocycles. The van der Waals surface area contributed by atoms with Crippen LogP contribution in [-0.4, -0.2) is 20.3 Å². The van der Waals surface area contributed by atoms with E-state index < -0.39 is 0 Å². The molecule has 1 N–H and O–H groups in total. The highest BCUT2D eigenvalue weighted by Crippen LogP contribution is 2.22. The quantitative estimate of drug-likeness (QED) is 0.775. The molecule has 0 saturated carbocycles. The van der Waals surface area contributed by atoms with E-state index in [1.54, 1.807) is 13.4 Å². The first-order valence-electron chi connectivity index (χ1n) is 6.31. The molecule has 1 atom stereocenters. The third-order valence-electron chi connectivity index (χ3n) is 2.74. The van der Waals surface area contributed by atoms with E-state index in [1.165, 1.54) is 0 Å². The molecule has 0 bridgehead atoms. The maximum Gasteiger partial charge on any atom is 0.125 e. The monoisotopic (exact) mass is 261 g/mol. The summed E-state index contributed by atoms with van der Waals surface area (Å²) in [7, 11) is 1.66. The molecule has 2 rings (SSSR count). The Morgan fingerprint density at radius 3 is 2.84 bits per heavy atom. The van der Waals surface area contributed by atoms with Crippen LogP contribution in [0.15, 0.2) is 47.1 Å². The predicted molar refractivity (Wildman–Crippen MR) is 74.6 cm³/mol. The van der Waals surface area contributed by atoms with E-state index in [0.29, 0.717) is 13.2 Å². The van der Waals surface area contributed by atoms with Gasteiger partial charge in [-0.1, -0.05) is 6.07 Å². The van der Waals surface area contributed by atoms with E-state index in [-0.39, 0.29) is 6.04 Å². The SMILES string of the molecule is COCCOc1cccc(NC(C)c2ccco2)c1. The van der Waals surface area contributed by atoms with Gasteiger partial charge in [-0.25, -0.2) is 0 Å². The Morgan fingerprint density at radius 2 is 2.11 bits per heavy atom. The van der Waals surface area contributed by atoms with Crippen molar-refractivity contribution < 1.29 is 13.9 Å². The molecule has 0 aliphatic rings. The number of nitrogens with one attached hydrogen (secondary N) is 1. The second-order valence-corrected chi connectivity index (χ2v) is 4.25. The third kappa shape index (κ3) is 4.03. The maximum atomic E-state index is 5.57. The summed E-state index contributed by atoms with van der Waals surface area (Å²) in [5.74, 6) is 1.74. The van der Waals surface area contributed by atoms with Crippen molar-refractivity contribution in [2.75, 3.05) is 25.6 Å². The highest BCUT2D eigenvalue weighted by Gasteiger charge is 2.08. The van der Waals surface area contributed by atoms with Gasteiger partial charge in [0.25, 0.3) is 0 Å². The van der Waals surface area contributed by atoms with Crippen molar-refractivity contribution >= 4 is 5.69 Å². The van der Waals surface area contributed by atoms with Crippen LogP contribution < -0.4 is 10.1 Å². The molecule has 4 heteroatoms. The van der Waals surface area contributed by atoms with Crippen molar-refractivity contribution in [3.63, 3.8) is 0 Å². The molecule has 1 unspecified atom stereocenters. The fourth-order valence-electron chi connectivity index (χ4n) is 1.78. The number of methoxy groups -OCH3 is 1. The summed E-state index contributed by atoms with van der Waals surface area (Å²) >= 11 is 0. The van der Waals surface area contributed by atoms with E-state index >= 15 is 0 Å². The van der Waals surface area contributed by atoms with Gasteiger partial charge < -0.3 is 19.2 Å². The van der Waals surface area contributed by atoms with Crippen LogP contribution in [0.5, 0.6) is 5.75 Å². The fourth-order valence-corrected chi connectivity index (χ4v) is 1.78. The Morgan fingerprint density at radius 1 is 1.21 bits per heavy atom. The number of hydrogen-bond acceptors (Lipinski definition) is 4. The van der Waals surface area contributed by atoms with Crippen molar-refractivity contribution in [1.82, 2.24) is 0 Å². The second-order valence-electron chi connectivity index (χ2n) is 4.25. The average Bonchev–Trinajstić information content (AvgIpc) is 2.93. The topological polar surface area (TPSA) is 43.6 Å². The first kappa shape index (κ1) is 13.5. The van der Waals surface area contributed by atoms with Gasteiger partial charge in [-0.15, -0.1) is 0 Å². The number of furan rings is 1. The van der Waals surface area contributed by atoms with Gasteiger partial charge in [0.15, 0.2) is 0 Å². The van der Waals surface area contributed by atoms with Gasteiger partial charge >= 0.3 is 0 Å². The summed E-state index contributed by atoms with van der Waals surface area (Å²) in [5, 5.41) is 3.37. The van der Waals surface area contributed by atoms with Crippen molar-refractivity contribution in [3.8, 4) is 5.75 Å². The number of hydrogen-bond donors (Lipinski definition) is 1. The van der Waals surface area contributed by atoms with Gasteiger partial charge in [0.2, 0.25) is 0 Å². The molecule has 4 nitrogen and oxygen atoms in total. The van der Waals surface area contributed by atoms with Gasteiger partial charge in [0.1, 0.15) is 18.1 Å². The molecule has 0 saturated heterocycles. The minimum Gasteiger partial charge on any atom is -0.491 e. The Kier molecular flexibility index (Phi) is 4.86. The number of benzene rings is 1. The largest absolute Gasteiger partial charge is 0.491 e. The van der Waals surface area contributed by atoms with Crippen LogP contribution in [0.25, 0.3) is 0 Å². The molecular weight excluding hydrogens is 242 g/mol. The van der Waals surface area contributed by atoms with E-state index in [2.05, 4.69) is 12.2 Å². The summed E-state index contributed by atoms with van der Waals surface area (Å²) in [5.41, 5.74) is 0.999. The maximum absolute atomic E-state index is 5.57. The van der Waals surface area contributed by atoms with Crippen LogP contribution in [0.4, 0.5) is 5.69 Å². The first-order valence-corrected chi connectivity index (χ1v) is 6.31. The molecule has 0 aliphatic carbocycles. The highest BCUT2D eigenvalue weighted by molar-refractivity contribution is 5.49. The van der Waals surface area contributed by atoms with Gasteiger partial charge in [-0.3, -0.25) is 0 Å². The van der Waals surface area contributed by atoms with Crippen molar-refractivity contribution in [2.45, 2.75) is 13.0 Å². The molecule has 19 heavy (non-hydrogen) atoms. The lowest BCUT2D eigenvalue weighted by molar-refractivity contribution is 0.146. The molecule has 0 fully saturated rings. The van der Waals surface area contributed by atoms with Crippen LogP contribution in [0.2, 0.25) is 0 Å². The first-order chi connectivity index (χ1) is 9.29. The Balaban J connectivity index is 1.95. The second kappa shape index (κ2) is 6.85. The Bertz CT molecular complexity index is 482. The lowest BCUT2D eigenvalue weighted by atomic mass is 10.2. The predicted octanol–water partition coefficient (Wildman–Crippen LogP) is 3.48. The Hall–Kier alpha value is -1.94. The summed E-state index contributed by atoms with van der Waals surface area (Å²) in [6.07, 6.45) is 1.68. The van der Waals surface area contributed by atoms with Crippen LogP contribution >= 0.6 is 0 Å². The molecule has 2 aromatic rings. The molecule has 102 valence electrons. The van der Waals surface area contributed by atoms with Gasteiger partial charge in [-0.2, -0.15) is 0 Å². The molecule has 0 radical (unpaired) electrons. The Labute approximate surface area is 113 Å². The van der Waals surface area contributed by atoms with Crippen LogP contribution in [-0.2, 0) is 4.74 Å². The van der Waals surface area contributed by atoms with Crippen LogP contribution in [0, 0.1) is 0 Å². The van der Waals surface area contributed by atoms with Crippen molar-refractivity contribution in [1.29, 1.82) is 0 Å². The summed E-state index contributed by atoms with van der Waals surface area (Å²) in [6, 6.07) is 11.8. The molecular formula is C15H19NO3. The standard InChI is InChI=1S/C15H19NO3/c1-12(15-7-4-8-19-15)16-13-5-3-6-14(11-13)18-10-9-17-2/h3-8,11-12,16H,9-10H2,1-2H3. The average molecular weight is 261 g/mol. The minimum absolute atomic E-state index is 0.115. The molecule has 0 amide bonds. The van der Waals surface area contributed by atoms with Gasteiger partial charge in [0.05, 0.1) is 18.9 Å². The molecule has 1 heterocycles.